The Labute approximate surface area is 121 Å². The normalized spacial score (nSPS) is 10.7. The summed E-state index contributed by atoms with van der Waals surface area (Å²) in [4.78, 5) is 27.4. The molecule has 2 aromatic rings. The summed E-state index contributed by atoms with van der Waals surface area (Å²) < 4.78 is 6.82. The SMILES string of the molecule is Cc1ccc(C(=O)O)c(=O)n1-c1ccnc(OC(C)C)c1. The van der Waals surface area contributed by atoms with Crippen LogP contribution in [0.25, 0.3) is 5.69 Å². The van der Waals surface area contributed by atoms with Crippen molar-refractivity contribution in [1.29, 1.82) is 0 Å². The molecular weight excluding hydrogens is 272 g/mol. The second-order valence-electron chi connectivity index (χ2n) is 4.85. The first-order valence-electron chi connectivity index (χ1n) is 6.49. The summed E-state index contributed by atoms with van der Waals surface area (Å²) >= 11 is 0. The van der Waals surface area contributed by atoms with Crippen LogP contribution in [0.3, 0.4) is 0 Å². The van der Waals surface area contributed by atoms with E-state index < -0.39 is 11.5 Å². The van der Waals surface area contributed by atoms with Gasteiger partial charge in [-0.1, -0.05) is 0 Å². The maximum atomic E-state index is 12.3. The smallest absolute Gasteiger partial charge is 0.341 e. The summed E-state index contributed by atoms with van der Waals surface area (Å²) in [6, 6.07) is 6.14. The number of carboxylic acid groups (broad SMARTS) is 1. The van der Waals surface area contributed by atoms with E-state index in [-0.39, 0.29) is 11.7 Å². The molecular formula is C15H16N2O4. The van der Waals surface area contributed by atoms with Crippen LogP contribution in [0.1, 0.15) is 29.9 Å². The third-order valence-electron chi connectivity index (χ3n) is 2.84. The van der Waals surface area contributed by atoms with Crippen molar-refractivity contribution in [2.45, 2.75) is 26.9 Å². The summed E-state index contributed by atoms with van der Waals surface area (Å²) in [5, 5.41) is 9.05. The van der Waals surface area contributed by atoms with Crippen molar-refractivity contribution < 1.29 is 14.6 Å². The topological polar surface area (TPSA) is 81.4 Å². The maximum absolute atomic E-state index is 12.3. The van der Waals surface area contributed by atoms with E-state index >= 15 is 0 Å². The number of carboxylic acids is 1. The third-order valence-corrected chi connectivity index (χ3v) is 2.84. The van der Waals surface area contributed by atoms with E-state index in [0.29, 0.717) is 17.3 Å². The second kappa shape index (κ2) is 5.78. The van der Waals surface area contributed by atoms with Gasteiger partial charge in [0.1, 0.15) is 5.56 Å². The number of rotatable bonds is 4. The number of hydrogen-bond donors (Lipinski definition) is 1. The molecule has 1 N–H and O–H groups in total. The van der Waals surface area contributed by atoms with E-state index in [1.54, 1.807) is 25.1 Å². The molecule has 0 fully saturated rings. The highest BCUT2D eigenvalue weighted by Crippen LogP contribution is 2.15. The molecule has 2 rings (SSSR count). The van der Waals surface area contributed by atoms with Crippen molar-refractivity contribution in [2.75, 3.05) is 0 Å². The highest BCUT2D eigenvalue weighted by atomic mass is 16.5. The molecule has 0 aliphatic heterocycles. The minimum absolute atomic E-state index is 0.0454. The highest BCUT2D eigenvalue weighted by molar-refractivity contribution is 5.87. The number of aromatic nitrogens is 2. The van der Waals surface area contributed by atoms with Crippen LogP contribution in [-0.4, -0.2) is 26.7 Å². The van der Waals surface area contributed by atoms with Gasteiger partial charge in [-0.15, -0.1) is 0 Å². The van der Waals surface area contributed by atoms with Gasteiger partial charge in [-0.25, -0.2) is 9.78 Å². The van der Waals surface area contributed by atoms with E-state index in [1.807, 2.05) is 13.8 Å². The van der Waals surface area contributed by atoms with E-state index in [0.717, 1.165) is 0 Å². The summed E-state index contributed by atoms with van der Waals surface area (Å²) in [6.45, 7) is 5.48. The average molecular weight is 288 g/mol. The molecule has 0 amide bonds. The minimum atomic E-state index is -1.25. The summed E-state index contributed by atoms with van der Waals surface area (Å²) in [5.41, 5.74) is 0.297. The van der Waals surface area contributed by atoms with Crippen molar-refractivity contribution in [3.05, 3.63) is 52.1 Å². The molecule has 0 aromatic carbocycles. The summed E-state index contributed by atoms with van der Waals surface area (Å²) in [6.07, 6.45) is 1.47. The summed E-state index contributed by atoms with van der Waals surface area (Å²) in [5.74, 6) is -0.865. The summed E-state index contributed by atoms with van der Waals surface area (Å²) in [7, 11) is 0. The van der Waals surface area contributed by atoms with Crippen molar-refractivity contribution in [1.82, 2.24) is 9.55 Å². The zero-order valence-electron chi connectivity index (χ0n) is 12.0. The van der Waals surface area contributed by atoms with Crippen LogP contribution in [0.15, 0.2) is 35.3 Å². The Hall–Kier alpha value is -2.63. The lowest BCUT2D eigenvalue weighted by atomic mass is 10.2. The fraction of sp³-hybridized carbons (Fsp3) is 0.267. The van der Waals surface area contributed by atoms with E-state index in [2.05, 4.69) is 4.98 Å². The van der Waals surface area contributed by atoms with Gasteiger partial charge < -0.3 is 9.84 Å². The lowest BCUT2D eigenvalue weighted by Gasteiger charge is -2.13. The zero-order valence-corrected chi connectivity index (χ0v) is 12.0. The molecule has 0 aliphatic rings. The van der Waals surface area contributed by atoms with Gasteiger partial charge in [0.15, 0.2) is 0 Å². The van der Waals surface area contributed by atoms with Crippen molar-refractivity contribution in [2.24, 2.45) is 0 Å². The van der Waals surface area contributed by atoms with E-state index in [4.69, 9.17) is 9.84 Å². The van der Waals surface area contributed by atoms with Gasteiger partial charge in [-0.3, -0.25) is 9.36 Å². The number of aryl methyl sites for hydroxylation is 1. The maximum Gasteiger partial charge on any atom is 0.341 e. The van der Waals surface area contributed by atoms with Gasteiger partial charge in [0.25, 0.3) is 5.56 Å². The molecule has 6 nitrogen and oxygen atoms in total. The molecule has 110 valence electrons. The van der Waals surface area contributed by atoms with E-state index in [9.17, 15) is 9.59 Å². The number of aromatic carboxylic acids is 1. The van der Waals surface area contributed by atoms with Gasteiger partial charge in [-0.2, -0.15) is 0 Å². The predicted octanol–water partition coefficient (Wildman–Crippen LogP) is 2.03. The molecule has 21 heavy (non-hydrogen) atoms. The number of carbonyl (C=O) groups is 1. The van der Waals surface area contributed by atoms with Crippen LogP contribution < -0.4 is 10.3 Å². The average Bonchev–Trinajstić information content (AvgIpc) is 2.38. The lowest BCUT2D eigenvalue weighted by molar-refractivity contribution is 0.0694. The largest absolute Gasteiger partial charge is 0.477 e. The molecule has 0 bridgehead atoms. The molecule has 0 saturated heterocycles. The second-order valence-corrected chi connectivity index (χ2v) is 4.85. The third kappa shape index (κ3) is 3.10. The van der Waals surface area contributed by atoms with Gasteiger partial charge in [-0.05, 0) is 39.0 Å². The van der Waals surface area contributed by atoms with Crippen LogP contribution in [0.5, 0.6) is 5.88 Å². The molecule has 0 unspecified atom stereocenters. The molecule has 6 heteroatoms. The first-order chi connectivity index (χ1) is 9.90. The first-order valence-corrected chi connectivity index (χ1v) is 6.49. The monoisotopic (exact) mass is 288 g/mol. The van der Waals surface area contributed by atoms with Crippen LogP contribution in [0.4, 0.5) is 0 Å². The molecule has 0 aliphatic carbocycles. The fourth-order valence-electron chi connectivity index (χ4n) is 1.96. The van der Waals surface area contributed by atoms with Crippen LogP contribution in [-0.2, 0) is 0 Å². The Morgan fingerprint density at radius 1 is 1.33 bits per heavy atom. The van der Waals surface area contributed by atoms with Gasteiger partial charge in [0, 0.05) is 18.0 Å². The van der Waals surface area contributed by atoms with Gasteiger partial charge in [0.2, 0.25) is 5.88 Å². The van der Waals surface area contributed by atoms with Gasteiger partial charge in [0.05, 0.1) is 11.8 Å². The van der Waals surface area contributed by atoms with Crippen molar-refractivity contribution in [3.8, 4) is 11.6 Å². The Morgan fingerprint density at radius 3 is 2.67 bits per heavy atom. The van der Waals surface area contributed by atoms with Gasteiger partial charge >= 0.3 is 5.97 Å². The first kappa shape index (κ1) is 14.8. The molecule has 0 atom stereocenters. The molecule has 2 heterocycles. The quantitative estimate of drug-likeness (QED) is 0.930. The highest BCUT2D eigenvalue weighted by Gasteiger charge is 2.14. The standard InChI is InChI=1S/C15H16N2O4/c1-9(2)21-13-8-11(6-7-16-13)17-10(3)4-5-12(14(17)18)15(19)20/h4-9H,1-3H3,(H,19,20). The van der Waals surface area contributed by atoms with Crippen molar-refractivity contribution in [3.63, 3.8) is 0 Å². The molecule has 2 aromatic heterocycles. The zero-order chi connectivity index (χ0) is 15.6. The number of nitrogens with zero attached hydrogens (tertiary/aromatic N) is 2. The molecule has 0 saturated carbocycles. The number of ether oxygens (including phenoxy) is 1. The Balaban J connectivity index is 2.59. The fourth-order valence-corrected chi connectivity index (χ4v) is 1.96. The number of pyridine rings is 2. The Morgan fingerprint density at radius 2 is 2.05 bits per heavy atom. The van der Waals surface area contributed by atoms with Crippen LogP contribution >= 0.6 is 0 Å². The predicted molar refractivity (Wildman–Crippen MR) is 77.3 cm³/mol. The molecule has 0 spiro atoms. The van der Waals surface area contributed by atoms with Crippen molar-refractivity contribution >= 4 is 5.97 Å². The Bertz CT molecular complexity index is 735. The molecule has 0 radical (unpaired) electrons. The lowest BCUT2D eigenvalue weighted by Crippen LogP contribution is -2.26. The number of hydrogen-bond acceptors (Lipinski definition) is 4. The van der Waals surface area contributed by atoms with Crippen LogP contribution in [0, 0.1) is 6.92 Å². The Kier molecular flexibility index (Phi) is 4.07. The minimum Gasteiger partial charge on any atom is -0.477 e. The van der Waals surface area contributed by atoms with E-state index in [1.165, 1.54) is 16.8 Å². The van der Waals surface area contributed by atoms with Crippen LogP contribution in [0.2, 0.25) is 0 Å².